The number of nitrogens with two attached hydrogens (primary N) is 1. The zero-order chi connectivity index (χ0) is 16.9. The van der Waals surface area contributed by atoms with Crippen molar-refractivity contribution in [1.82, 2.24) is 10.1 Å². The Hall–Kier alpha value is -1.35. The van der Waals surface area contributed by atoms with Gasteiger partial charge in [0.25, 0.3) is 5.91 Å². The molecule has 1 aliphatic rings. The largest absolute Gasteiger partial charge is 0.482 e. The molecular formula is C14H20ClN3O4S. The first-order valence-electron chi connectivity index (χ1n) is 7.36. The van der Waals surface area contributed by atoms with E-state index in [1.165, 1.54) is 18.2 Å². The quantitative estimate of drug-likeness (QED) is 0.402. The topological polar surface area (TPSA) is 111 Å². The lowest BCUT2D eigenvalue weighted by Gasteiger charge is -2.22. The number of hydrogen-bond donors (Lipinski definition) is 3. The number of halogens is 1. The Bertz CT molecular complexity index is 660. The van der Waals surface area contributed by atoms with Gasteiger partial charge in [-0.2, -0.15) is 0 Å². The Labute approximate surface area is 140 Å². The Morgan fingerprint density at radius 3 is 2.61 bits per heavy atom. The molecule has 1 aliphatic carbocycles. The van der Waals surface area contributed by atoms with E-state index in [4.69, 9.17) is 22.2 Å². The van der Waals surface area contributed by atoms with Crippen LogP contribution in [0.15, 0.2) is 23.1 Å². The van der Waals surface area contributed by atoms with Crippen molar-refractivity contribution >= 4 is 27.5 Å². The van der Waals surface area contributed by atoms with Gasteiger partial charge in [-0.15, -0.1) is 0 Å². The van der Waals surface area contributed by atoms with Crippen LogP contribution in [0.3, 0.4) is 0 Å². The van der Waals surface area contributed by atoms with Gasteiger partial charge in [-0.05, 0) is 31.0 Å². The lowest BCUT2D eigenvalue weighted by molar-refractivity contribution is -0.123. The summed E-state index contributed by atoms with van der Waals surface area (Å²) in [6.07, 6.45) is 4.91. The number of rotatable bonds is 6. The monoisotopic (exact) mass is 361 g/mol. The van der Waals surface area contributed by atoms with Crippen LogP contribution in [0.4, 0.5) is 0 Å². The number of ether oxygens (including phenoxy) is 1. The summed E-state index contributed by atoms with van der Waals surface area (Å²) in [5, 5.41) is 0.112. The standard InChI is InChI=1S/C14H20ClN3O4S/c15-12-8-11(6-7-13(12)22-9-14(19)17-16)23(20,21)18-10-4-2-1-3-5-10/h6-8,10,18H,1-5,9,16H2,(H,17,19). The number of nitrogens with one attached hydrogen (secondary N) is 2. The highest BCUT2D eigenvalue weighted by Crippen LogP contribution is 2.28. The van der Waals surface area contributed by atoms with Crippen LogP contribution in [0.2, 0.25) is 5.02 Å². The first-order chi connectivity index (χ1) is 10.9. The molecule has 0 heterocycles. The fourth-order valence-corrected chi connectivity index (χ4v) is 4.09. The second kappa shape index (κ2) is 7.96. The summed E-state index contributed by atoms with van der Waals surface area (Å²) in [5.41, 5.74) is 1.92. The molecule has 9 heteroatoms. The van der Waals surface area contributed by atoms with E-state index >= 15 is 0 Å². The molecule has 0 saturated heterocycles. The maximum absolute atomic E-state index is 12.4. The van der Waals surface area contributed by atoms with Crippen molar-refractivity contribution < 1.29 is 17.9 Å². The Kier molecular flexibility index (Phi) is 6.23. The van der Waals surface area contributed by atoms with Crippen molar-refractivity contribution in [1.29, 1.82) is 0 Å². The molecule has 0 atom stereocenters. The molecule has 23 heavy (non-hydrogen) atoms. The van der Waals surface area contributed by atoms with Crippen LogP contribution in [0.5, 0.6) is 5.75 Å². The SMILES string of the molecule is NNC(=O)COc1ccc(S(=O)(=O)NC2CCCCC2)cc1Cl. The molecule has 1 fully saturated rings. The summed E-state index contributed by atoms with van der Waals surface area (Å²) in [7, 11) is -3.62. The van der Waals surface area contributed by atoms with E-state index in [1.54, 1.807) is 0 Å². The molecule has 2 rings (SSSR count). The van der Waals surface area contributed by atoms with Crippen molar-refractivity contribution in [2.24, 2.45) is 5.84 Å². The molecule has 0 radical (unpaired) electrons. The van der Waals surface area contributed by atoms with Gasteiger partial charge in [0.2, 0.25) is 10.0 Å². The van der Waals surface area contributed by atoms with Gasteiger partial charge in [-0.3, -0.25) is 10.2 Å². The fourth-order valence-electron chi connectivity index (χ4n) is 2.46. The Morgan fingerprint density at radius 1 is 1.30 bits per heavy atom. The number of amides is 1. The molecule has 1 aromatic rings. The van der Waals surface area contributed by atoms with Gasteiger partial charge in [-0.1, -0.05) is 30.9 Å². The van der Waals surface area contributed by atoms with Crippen molar-refractivity contribution in [2.45, 2.75) is 43.0 Å². The van der Waals surface area contributed by atoms with Crippen LogP contribution in [-0.2, 0) is 14.8 Å². The van der Waals surface area contributed by atoms with E-state index in [1.807, 2.05) is 5.43 Å². The molecule has 0 aliphatic heterocycles. The van der Waals surface area contributed by atoms with E-state index < -0.39 is 15.9 Å². The van der Waals surface area contributed by atoms with Crippen LogP contribution in [0.25, 0.3) is 0 Å². The molecule has 0 aromatic heterocycles. The molecule has 0 bridgehead atoms. The van der Waals surface area contributed by atoms with Crippen molar-refractivity contribution in [3.8, 4) is 5.75 Å². The third-order valence-corrected chi connectivity index (χ3v) is 5.47. The van der Waals surface area contributed by atoms with E-state index in [0.717, 1.165) is 32.1 Å². The maximum Gasteiger partial charge on any atom is 0.271 e. The lowest BCUT2D eigenvalue weighted by atomic mass is 9.96. The van der Waals surface area contributed by atoms with Crippen LogP contribution >= 0.6 is 11.6 Å². The number of hydrogen-bond acceptors (Lipinski definition) is 5. The predicted octanol–water partition coefficient (Wildman–Crippen LogP) is 1.32. The van der Waals surface area contributed by atoms with Gasteiger partial charge >= 0.3 is 0 Å². The minimum absolute atomic E-state index is 0.0308. The van der Waals surface area contributed by atoms with Gasteiger partial charge in [0.05, 0.1) is 9.92 Å². The average molecular weight is 362 g/mol. The minimum Gasteiger partial charge on any atom is -0.482 e. The first kappa shape index (κ1) is 18.0. The summed E-state index contributed by atoms with van der Waals surface area (Å²) >= 11 is 6.02. The number of carbonyl (C=O) groups is 1. The molecule has 128 valence electrons. The van der Waals surface area contributed by atoms with Gasteiger partial charge in [0, 0.05) is 6.04 Å². The molecular weight excluding hydrogens is 342 g/mol. The van der Waals surface area contributed by atoms with E-state index in [-0.39, 0.29) is 28.3 Å². The summed E-state index contributed by atoms with van der Waals surface area (Å²) < 4.78 is 32.6. The van der Waals surface area contributed by atoms with E-state index in [9.17, 15) is 13.2 Å². The first-order valence-corrected chi connectivity index (χ1v) is 9.22. The highest BCUT2D eigenvalue weighted by Gasteiger charge is 2.22. The van der Waals surface area contributed by atoms with Gasteiger partial charge in [0.1, 0.15) is 5.75 Å². The Morgan fingerprint density at radius 2 is 2.00 bits per heavy atom. The summed E-state index contributed by atoms with van der Waals surface area (Å²) in [6, 6.07) is 4.09. The lowest BCUT2D eigenvalue weighted by Crippen LogP contribution is -2.36. The number of sulfonamides is 1. The molecule has 0 unspecified atom stereocenters. The highest BCUT2D eigenvalue weighted by molar-refractivity contribution is 7.89. The third kappa shape index (κ3) is 5.07. The third-order valence-electron chi connectivity index (χ3n) is 3.66. The van der Waals surface area contributed by atoms with Crippen molar-refractivity contribution in [3.05, 3.63) is 23.2 Å². The second-order valence-corrected chi connectivity index (χ2v) is 7.53. The molecule has 7 nitrogen and oxygen atoms in total. The normalized spacial score (nSPS) is 16.1. The van der Waals surface area contributed by atoms with Crippen molar-refractivity contribution in [2.75, 3.05) is 6.61 Å². The van der Waals surface area contributed by atoms with Gasteiger partial charge in [-0.25, -0.2) is 19.0 Å². The van der Waals surface area contributed by atoms with Gasteiger partial charge < -0.3 is 4.74 Å². The molecule has 4 N–H and O–H groups in total. The molecule has 0 spiro atoms. The number of hydrazine groups is 1. The summed E-state index contributed by atoms with van der Waals surface area (Å²) in [5.74, 6) is 4.64. The van der Waals surface area contributed by atoms with Crippen molar-refractivity contribution in [3.63, 3.8) is 0 Å². The van der Waals surface area contributed by atoms with Crippen LogP contribution in [0, 0.1) is 0 Å². The van der Waals surface area contributed by atoms with Gasteiger partial charge in [0.15, 0.2) is 6.61 Å². The average Bonchev–Trinajstić information content (AvgIpc) is 2.53. The fraction of sp³-hybridized carbons (Fsp3) is 0.500. The number of benzene rings is 1. The highest BCUT2D eigenvalue weighted by atomic mass is 35.5. The van der Waals surface area contributed by atoms with Crippen LogP contribution in [-0.4, -0.2) is 27.0 Å². The maximum atomic E-state index is 12.4. The molecule has 1 aromatic carbocycles. The van der Waals surface area contributed by atoms with E-state index in [0.29, 0.717) is 0 Å². The molecule has 1 amide bonds. The second-order valence-electron chi connectivity index (χ2n) is 5.40. The molecule has 1 saturated carbocycles. The number of carbonyl (C=O) groups excluding carboxylic acids is 1. The van der Waals surface area contributed by atoms with Crippen LogP contribution < -0.4 is 20.7 Å². The summed E-state index contributed by atoms with van der Waals surface area (Å²) in [4.78, 5) is 11.1. The summed E-state index contributed by atoms with van der Waals surface area (Å²) in [6.45, 7) is -0.303. The smallest absolute Gasteiger partial charge is 0.271 e. The van der Waals surface area contributed by atoms with Crippen LogP contribution in [0.1, 0.15) is 32.1 Å². The zero-order valence-electron chi connectivity index (χ0n) is 12.5. The predicted molar refractivity (Wildman–Crippen MR) is 86.5 cm³/mol. The van der Waals surface area contributed by atoms with E-state index in [2.05, 4.69) is 4.72 Å². The minimum atomic E-state index is -3.62. The Balaban J connectivity index is 2.07. The zero-order valence-corrected chi connectivity index (χ0v) is 14.1.